The molecule has 0 saturated heterocycles. The van der Waals surface area contributed by atoms with Crippen molar-refractivity contribution in [2.45, 2.75) is 13.0 Å². The van der Waals surface area contributed by atoms with Gasteiger partial charge in [-0.15, -0.1) is 0 Å². The van der Waals surface area contributed by atoms with Crippen LogP contribution in [0.4, 0.5) is 0 Å². The normalized spacial score (nSPS) is 10.5. The minimum atomic E-state index is -0.0558. The van der Waals surface area contributed by atoms with Gasteiger partial charge < -0.3 is 19.6 Å². The zero-order valence-corrected chi connectivity index (χ0v) is 12.5. The van der Waals surface area contributed by atoms with Crippen LogP contribution in [0.1, 0.15) is 12.0 Å². The van der Waals surface area contributed by atoms with Crippen LogP contribution in [0.2, 0.25) is 0 Å². The second-order valence-electron chi connectivity index (χ2n) is 4.49. The molecule has 7 heteroatoms. The van der Waals surface area contributed by atoms with E-state index in [0.717, 1.165) is 5.52 Å². The Kier molecular flexibility index (Phi) is 5.09. The van der Waals surface area contributed by atoms with Crippen molar-refractivity contribution in [3.05, 3.63) is 28.5 Å². The predicted molar refractivity (Wildman–Crippen MR) is 81.3 cm³/mol. The van der Waals surface area contributed by atoms with Gasteiger partial charge in [0.1, 0.15) is 6.07 Å². The highest BCUT2D eigenvalue weighted by Crippen LogP contribution is 2.18. The number of rotatable bonds is 6. The number of nitrogens with zero attached hydrogens (tertiary/aromatic N) is 2. The summed E-state index contributed by atoms with van der Waals surface area (Å²) in [5.41, 5.74) is 2.09. The first-order valence-electron chi connectivity index (χ1n) is 6.54. The molecule has 0 radical (unpaired) electrons. The van der Waals surface area contributed by atoms with E-state index in [4.69, 9.17) is 22.2 Å². The van der Waals surface area contributed by atoms with Crippen LogP contribution in [0.5, 0.6) is 0 Å². The SMILES string of the molecule is COCCNC(=O)CCn1c(=S)[nH]c2c(C#N)cccc21. The zero-order chi connectivity index (χ0) is 15.2. The van der Waals surface area contributed by atoms with Gasteiger partial charge in [0, 0.05) is 26.6 Å². The molecule has 0 aliphatic carbocycles. The van der Waals surface area contributed by atoms with Crippen LogP contribution < -0.4 is 5.32 Å². The van der Waals surface area contributed by atoms with Crippen molar-refractivity contribution in [3.63, 3.8) is 0 Å². The number of hydrogen-bond donors (Lipinski definition) is 2. The summed E-state index contributed by atoms with van der Waals surface area (Å²) in [6.07, 6.45) is 0.321. The van der Waals surface area contributed by atoms with Crippen LogP contribution in [-0.2, 0) is 16.1 Å². The van der Waals surface area contributed by atoms with E-state index < -0.39 is 0 Å². The number of H-pyrrole nitrogens is 1. The number of fused-ring (bicyclic) bond motifs is 1. The van der Waals surface area contributed by atoms with E-state index in [9.17, 15) is 4.79 Å². The number of imidazole rings is 1. The topological polar surface area (TPSA) is 82.8 Å². The maximum absolute atomic E-state index is 11.7. The Morgan fingerprint density at radius 3 is 3.10 bits per heavy atom. The third-order valence-electron chi connectivity index (χ3n) is 3.12. The fourth-order valence-corrected chi connectivity index (χ4v) is 2.38. The van der Waals surface area contributed by atoms with Crippen molar-refractivity contribution in [2.24, 2.45) is 0 Å². The first kappa shape index (κ1) is 15.2. The number of aromatic amines is 1. The van der Waals surface area contributed by atoms with Gasteiger partial charge >= 0.3 is 0 Å². The van der Waals surface area contributed by atoms with Gasteiger partial charge in [-0.05, 0) is 24.4 Å². The fourth-order valence-electron chi connectivity index (χ4n) is 2.09. The number of benzene rings is 1. The number of carbonyl (C=O) groups is 1. The Morgan fingerprint density at radius 2 is 2.38 bits per heavy atom. The lowest BCUT2D eigenvalue weighted by atomic mass is 10.2. The summed E-state index contributed by atoms with van der Waals surface area (Å²) < 4.78 is 7.22. The number of amides is 1. The Balaban J connectivity index is 2.13. The van der Waals surface area contributed by atoms with Crippen molar-refractivity contribution in [1.29, 1.82) is 5.26 Å². The average Bonchev–Trinajstić information content (AvgIpc) is 2.80. The number of hydrogen-bond acceptors (Lipinski definition) is 4. The number of ether oxygens (including phenoxy) is 1. The lowest BCUT2D eigenvalue weighted by Crippen LogP contribution is -2.27. The van der Waals surface area contributed by atoms with Crippen LogP contribution in [-0.4, -0.2) is 35.7 Å². The summed E-state index contributed by atoms with van der Waals surface area (Å²) in [5.74, 6) is -0.0558. The maximum atomic E-state index is 11.7. The van der Waals surface area contributed by atoms with E-state index in [0.29, 0.717) is 42.0 Å². The largest absolute Gasteiger partial charge is 0.383 e. The summed E-state index contributed by atoms with van der Waals surface area (Å²) in [5, 5.41) is 11.8. The molecule has 21 heavy (non-hydrogen) atoms. The van der Waals surface area contributed by atoms with Gasteiger partial charge in [-0.2, -0.15) is 5.26 Å². The molecule has 0 atom stereocenters. The molecule has 2 N–H and O–H groups in total. The second kappa shape index (κ2) is 7.02. The number of aryl methyl sites for hydroxylation is 1. The summed E-state index contributed by atoms with van der Waals surface area (Å²) >= 11 is 5.26. The molecule has 0 fully saturated rings. The molecule has 0 unspecified atom stereocenters. The van der Waals surface area contributed by atoms with E-state index in [1.807, 2.05) is 10.6 Å². The highest BCUT2D eigenvalue weighted by molar-refractivity contribution is 7.71. The summed E-state index contributed by atoms with van der Waals surface area (Å²) in [4.78, 5) is 14.7. The number of aromatic nitrogens is 2. The van der Waals surface area contributed by atoms with E-state index in [1.165, 1.54) is 0 Å². The quantitative estimate of drug-likeness (QED) is 0.629. The molecule has 0 spiro atoms. The molecule has 2 rings (SSSR count). The summed E-state index contributed by atoms with van der Waals surface area (Å²) in [6.45, 7) is 1.45. The molecule has 1 aromatic carbocycles. The number of nitriles is 1. The minimum absolute atomic E-state index is 0.0558. The summed E-state index contributed by atoms with van der Waals surface area (Å²) in [7, 11) is 1.59. The lowest BCUT2D eigenvalue weighted by molar-refractivity contribution is -0.121. The van der Waals surface area contributed by atoms with Gasteiger partial charge in [0.2, 0.25) is 5.91 Å². The van der Waals surface area contributed by atoms with Gasteiger partial charge in [0.05, 0.1) is 23.2 Å². The highest BCUT2D eigenvalue weighted by Gasteiger charge is 2.09. The predicted octanol–water partition coefficient (Wildman–Crippen LogP) is 1.72. The van der Waals surface area contributed by atoms with E-state index in [-0.39, 0.29) is 5.91 Å². The number of nitrogens with one attached hydrogen (secondary N) is 2. The highest BCUT2D eigenvalue weighted by atomic mass is 32.1. The average molecular weight is 304 g/mol. The first-order chi connectivity index (χ1) is 10.2. The Hall–Kier alpha value is -2.17. The number of para-hydroxylation sites is 1. The molecule has 0 bridgehead atoms. The Labute approximate surface area is 127 Å². The van der Waals surface area contributed by atoms with Crippen molar-refractivity contribution in [1.82, 2.24) is 14.9 Å². The fraction of sp³-hybridized carbons (Fsp3) is 0.357. The Bertz CT molecular complexity index is 741. The molecule has 6 nitrogen and oxygen atoms in total. The summed E-state index contributed by atoms with van der Waals surface area (Å²) in [6, 6.07) is 7.54. The third-order valence-corrected chi connectivity index (χ3v) is 3.44. The first-order valence-corrected chi connectivity index (χ1v) is 6.95. The molecule has 0 aliphatic heterocycles. The second-order valence-corrected chi connectivity index (χ2v) is 4.87. The van der Waals surface area contributed by atoms with Crippen molar-refractivity contribution in [3.8, 4) is 6.07 Å². The molecule has 0 aliphatic rings. The van der Waals surface area contributed by atoms with Gasteiger partial charge in [0.15, 0.2) is 4.77 Å². The number of carbonyl (C=O) groups excluding carboxylic acids is 1. The Morgan fingerprint density at radius 1 is 1.57 bits per heavy atom. The molecular formula is C14H16N4O2S. The molecule has 1 heterocycles. The zero-order valence-electron chi connectivity index (χ0n) is 11.7. The van der Waals surface area contributed by atoms with Crippen LogP contribution in [0.15, 0.2) is 18.2 Å². The lowest BCUT2D eigenvalue weighted by Gasteiger charge is -2.06. The van der Waals surface area contributed by atoms with Crippen LogP contribution in [0.3, 0.4) is 0 Å². The van der Waals surface area contributed by atoms with Crippen molar-refractivity contribution >= 4 is 29.2 Å². The van der Waals surface area contributed by atoms with Gasteiger partial charge in [-0.1, -0.05) is 6.07 Å². The van der Waals surface area contributed by atoms with Gasteiger partial charge in [-0.25, -0.2) is 0 Å². The van der Waals surface area contributed by atoms with Crippen LogP contribution in [0.25, 0.3) is 11.0 Å². The molecule has 1 amide bonds. The van der Waals surface area contributed by atoms with Crippen molar-refractivity contribution in [2.75, 3.05) is 20.3 Å². The van der Waals surface area contributed by atoms with Crippen LogP contribution >= 0.6 is 12.2 Å². The van der Waals surface area contributed by atoms with Gasteiger partial charge in [0.25, 0.3) is 0 Å². The minimum Gasteiger partial charge on any atom is -0.383 e. The third kappa shape index (κ3) is 3.48. The monoisotopic (exact) mass is 304 g/mol. The molecule has 1 aromatic heterocycles. The molecule has 2 aromatic rings. The standard InChI is InChI=1S/C14H16N4O2S/c1-20-8-6-16-12(19)5-7-18-11-4-2-3-10(9-15)13(11)17-14(18)21/h2-4H,5-8H2,1H3,(H,16,19)(H,17,21). The molecule has 0 saturated carbocycles. The van der Waals surface area contributed by atoms with Crippen LogP contribution in [0, 0.1) is 16.1 Å². The smallest absolute Gasteiger partial charge is 0.221 e. The molecular weight excluding hydrogens is 288 g/mol. The molecule has 110 valence electrons. The van der Waals surface area contributed by atoms with Gasteiger partial charge in [-0.3, -0.25) is 4.79 Å². The van der Waals surface area contributed by atoms with E-state index in [1.54, 1.807) is 19.2 Å². The maximum Gasteiger partial charge on any atom is 0.221 e. The van der Waals surface area contributed by atoms with E-state index >= 15 is 0 Å². The van der Waals surface area contributed by atoms with E-state index in [2.05, 4.69) is 16.4 Å². The number of methoxy groups -OCH3 is 1. The van der Waals surface area contributed by atoms with Crippen molar-refractivity contribution < 1.29 is 9.53 Å².